The van der Waals surface area contributed by atoms with Gasteiger partial charge in [0.25, 0.3) is 0 Å². The molecule has 2 aliphatic rings. The third-order valence-corrected chi connectivity index (χ3v) is 1.12. The first kappa shape index (κ1) is 24.8. The van der Waals surface area contributed by atoms with Crippen molar-refractivity contribution >= 4 is 29.3 Å². The second kappa shape index (κ2) is 9.97. The summed E-state index contributed by atoms with van der Waals surface area (Å²) in [7, 11) is -5.60. The smallest absolute Gasteiger partial charge is 0.833 e. The zero-order valence-corrected chi connectivity index (χ0v) is 7.91. The maximum atomic E-state index is 10.5. The quantitative estimate of drug-likeness (QED) is 0.387. The van der Waals surface area contributed by atoms with E-state index < -0.39 is 29.3 Å². The van der Waals surface area contributed by atoms with Gasteiger partial charge in [0, 0.05) is 0 Å². The highest BCUT2D eigenvalue weighted by molar-refractivity contribution is 6.74. The molecule has 12 nitrogen and oxygen atoms in total. The second-order valence-electron chi connectivity index (χ2n) is 1.85. The lowest BCUT2D eigenvalue weighted by Crippen LogP contribution is -2.63. The molecule has 12 N–H and O–H groups in total. The van der Waals surface area contributed by atoms with E-state index in [0.29, 0.717) is 0 Å². The summed E-state index contributed by atoms with van der Waals surface area (Å²) in [6.45, 7) is 0. The first-order valence-corrected chi connectivity index (χ1v) is 2.85. The Morgan fingerprint density at radius 3 is 1.56 bits per heavy atom. The summed E-state index contributed by atoms with van der Waals surface area (Å²) in [5, 5.41) is 19.2. The minimum atomic E-state index is -1.70. The van der Waals surface area contributed by atoms with E-state index in [9.17, 15) is 5.02 Å². The molecule has 2 bridgehead atoms. The van der Waals surface area contributed by atoms with E-state index in [1.54, 1.807) is 0 Å². The van der Waals surface area contributed by atoms with Crippen molar-refractivity contribution in [1.29, 1.82) is 0 Å². The summed E-state index contributed by atoms with van der Waals surface area (Å²) < 4.78 is 22.2. The summed E-state index contributed by atoms with van der Waals surface area (Å²) >= 11 is 0. The summed E-state index contributed by atoms with van der Waals surface area (Å²) in [6.07, 6.45) is 0. The Balaban J connectivity index is -0.0000000800. The Hall–Kier alpha value is -0.220. The van der Waals surface area contributed by atoms with Crippen molar-refractivity contribution in [2.75, 3.05) is 0 Å². The third-order valence-electron chi connectivity index (χ3n) is 1.12. The second-order valence-corrected chi connectivity index (χ2v) is 1.85. The molecular formula is H13B4NO11. The monoisotopic (exact) mass is 247 g/mol. The van der Waals surface area contributed by atoms with Crippen LogP contribution in [0.25, 0.3) is 0 Å². The highest BCUT2D eigenvalue weighted by atomic mass is 16.9. The van der Waals surface area contributed by atoms with Crippen LogP contribution in [0.3, 0.4) is 0 Å². The van der Waals surface area contributed by atoms with E-state index in [1.165, 1.54) is 0 Å². The lowest BCUT2D eigenvalue weighted by atomic mass is 9.90. The van der Waals surface area contributed by atoms with Crippen LogP contribution in [0.5, 0.6) is 0 Å². The molecule has 0 aliphatic carbocycles. The Kier molecular flexibility index (Phi) is 15.5. The van der Waals surface area contributed by atoms with Crippen molar-refractivity contribution in [3.8, 4) is 0 Å². The SMILES string of the molecule is N.O.O.O.O.[H+].[O-]B1OB2OB(O)OB(O1)O2. The lowest BCUT2D eigenvalue weighted by molar-refractivity contribution is -0.244. The van der Waals surface area contributed by atoms with Crippen LogP contribution in [0.1, 0.15) is 1.43 Å². The summed E-state index contributed by atoms with van der Waals surface area (Å²) in [4.78, 5) is 0. The molecule has 96 valence electrons. The fraction of sp³-hybridized carbons (Fsp3) is 0. The van der Waals surface area contributed by atoms with E-state index in [-0.39, 0.29) is 29.5 Å². The molecule has 0 aromatic rings. The van der Waals surface area contributed by atoms with E-state index in [4.69, 9.17) is 5.02 Å². The van der Waals surface area contributed by atoms with Crippen LogP contribution in [-0.4, -0.2) is 56.2 Å². The van der Waals surface area contributed by atoms with Gasteiger partial charge in [0.2, 0.25) is 0 Å². The molecule has 0 spiro atoms. The van der Waals surface area contributed by atoms with Crippen molar-refractivity contribution in [2.24, 2.45) is 0 Å². The van der Waals surface area contributed by atoms with Gasteiger partial charge in [-0.05, 0) is 0 Å². The van der Waals surface area contributed by atoms with Crippen LogP contribution in [-0.2, 0) is 22.9 Å². The van der Waals surface area contributed by atoms with Crippen LogP contribution in [0, 0.1) is 0 Å². The highest BCUT2D eigenvalue weighted by Crippen LogP contribution is 2.13. The van der Waals surface area contributed by atoms with Gasteiger partial charge in [-0.3, -0.25) is 0 Å². The van der Waals surface area contributed by atoms with Gasteiger partial charge in [-0.2, -0.15) is 0 Å². The molecule has 0 radical (unpaired) electrons. The molecule has 16 heteroatoms. The van der Waals surface area contributed by atoms with Crippen molar-refractivity contribution in [3.63, 3.8) is 0 Å². The first-order chi connectivity index (χ1) is 5.24. The van der Waals surface area contributed by atoms with E-state index in [2.05, 4.69) is 22.9 Å². The zero-order chi connectivity index (χ0) is 7.84. The Bertz CT molecular complexity index is 129. The van der Waals surface area contributed by atoms with E-state index >= 15 is 0 Å². The predicted octanol–water partition coefficient (Wildman–Crippen LogP) is -6.64. The normalized spacial score (nSPS) is 16.9. The molecular weight excluding hydrogens is 233 g/mol. The molecule has 2 rings (SSSR count). The number of hydrogen-bond donors (Lipinski definition) is 2. The first-order valence-electron chi connectivity index (χ1n) is 2.85. The van der Waals surface area contributed by atoms with Gasteiger partial charge in [-0.25, -0.2) is 0 Å². The van der Waals surface area contributed by atoms with Gasteiger partial charge in [-0.15, -0.1) is 0 Å². The molecule has 0 unspecified atom stereocenters. The molecule has 0 amide bonds. The van der Waals surface area contributed by atoms with Crippen molar-refractivity contribution in [1.82, 2.24) is 6.15 Å². The maximum Gasteiger partial charge on any atom is 1.00 e. The van der Waals surface area contributed by atoms with Crippen LogP contribution in [0.15, 0.2) is 0 Å². The minimum absolute atomic E-state index is 0. The largest absolute Gasteiger partial charge is 1.00 e. The van der Waals surface area contributed by atoms with Crippen LogP contribution in [0.2, 0.25) is 0 Å². The van der Waals surface area contributed by atoms with Crippen molar-refractivity contribution in [2.45, 2.75) is 0 Å². The molecule has 0 aromatic heterocycles. The average Bonchev–Trinajstić information content (AvgIpc) is 1.82. The van der Waals surface area contributed by atoms with E-state index in [0.717, 1.165) is 0 Å². The van der Waals surface area contributed by atoms with Gasteiger partial charge in [0.05, 0.1) is 0 Å². The number of hydrogen-bond acceptors (Lipinski definition) is 8. The summed E-state index contributed by atoms with van der Waals surface area (Å²) in [5.74, 6) is 0. The molecule has 2 aliphatic heterocycles. The molecule has 2 heterocycles. The number of rotatable bonds is 0. The molecule has 2 fully saturated rings. The van der Waals surface area contributed by atoms with Gasteiger partial charge in [0.1, 0.15) is 0 Å². The maximum absolute atomic E-state index is 10.5. The van der Waals surface area contributed by atoms with Crippen LogP contribution in [0.4, 0.5) is 0 Å². The zero-order valence-electron chi connectivity index (χ0n) is 8.91. The van der Waals surface area contributed by atoms with Crippen LogP contribution >= 0.6 is 0 Å². The van der Waals surface area contributed by atoms with Crippen molar-refractivity contribution < 1.29 is 56.2 Å². The molecule has 16 heavy (non-hydrogen) atoms. The lowest BCUT2D eigenvalue weighted by Gasteiger charge is -2.36. The topological polar surface area (TPSA) is 250 Å². The van der Waals surface area contributed by atoms with Crippen LogP contribution < -0.4 is 11.2 Å². The average molecular weight is 246 g/mol. The highest BCUT2D eigenvalue weighted by Gasteiger charge is 2.48. The Morgan fingerprint density at radius 2 is 1.19 bits per heavy atom. The summed E-state index contributed by atoms with van der Waals surface area (Å²) in [5.41, 5.74) is 0. The molecule has 0 atom stereocenters. The third kappa shape index (κ3) is 5.75. The predicted molar refractivity (Wildman–Crippen MR) is 51.2 cm³/mol. The van der Waals surface area contributed by atoms with Gasteiger partial charge in [0.15, 0.2) is 0 Å². The van der Waals surface area contributed by atoms with Gasteiger partial charge >= 0.3 is 30.7 Å². The fourth-order valence-corrected chi connectivity index (χ4v) is 0.719. The summed E-state index contributed by atoms with van der Waals surface area (Å²) in [6, 6.07) is 0. The fourth-order valence-electron chi connectivity index (χ4n) is 0.719. The van der Waals surface area contributed by atoms with Gasteiger partial charge in [-0.1, -0.05) is 0 Å². The van der Waals surface area contributed by atoms with Gasteiger partial charge < -0.3 is 61.0 Å². The standard InChI is InChI=1S/B4HO7.H3N.4H2O/c5-1-7-3-9-2(6)10-4(8-1)11-3;;;;;/h5H;1H3;4*1H2/q-1;;;;;/p+1. The minimum Gasteiger partial charge on any atom is -0.833 e. The Labute approximate surface area is 92.8 Å². The van der Waals surface area contributed by atoms with E-state index in [1.807, 2.05) is 0 Å². The Morgan fingerprint density at radius 1 is 0.812 bits per heavy atom. The molecule has 0 aromatic carbocycles. The molecule has 2 saturated heterocycles. The number of fused-ring (bicyclic) bond motifs is 2. The van der Waals surface area contributed by atoms with Crippen molar-refractivity contribution in [3.05, 3.63) is 0 Å². The molecule has 0 saturated carbocycles.